The molecular weight excluding hydrogens is 300 g/mol. The summed E-state index contributed by atoms with van der Waals surface area (Å²) in [6.45, 7) is 3.86. The van der Waals surface area contributed by atoms with Crippen molar-refractivity contribution in [1.82, 2.24) is 4.72 Å². The van der Waals surface area contributed by atoms with Crippen LogP contribution in [0.15, 0.2) is 34.1 Å². The number of hydrogen-bond acceptors (Lipinski definition) is 4. The third-order valence-electron chi connectivity index (χ3n) is 2.90. The molecule has 0 saturated carbocycles. The smallest absolute Gasteiger partial charge is 0.225 e. The second-order valence-electron chi connectivity index (χ2n) is 4.54. The molecule has 1 unspecified atom stereocenters. The molecule has 1 atom stereocenters. The Morgan fingerprint density at radius 1 is 1.15 bits per heavy atom. The van der Waals surface area contributed by atoms with Crippen LogP contribution in [0.25, 0.3) is 0 Å². The Bertz CT molecular complexity index is 654. The fraction of sp³-hybridized carbons (Fsp3) is 0.500. The summed E-state index contributed by atoms with van der Waals surface area (Å²) in [7, 11) is -7.67. The highest BCUT2D eigenvalue weighted by molar-refractivity contribution is 7.90. The molecule has 0 bridgehead atoms. The number of rotatable bonds is 7. The van der Waals surface area contributed by atoms with Crippen molar-refractivity contribution in [2.45, 2.75) is 48.9 Å². The van der Waals surface area contributed by atoms with Crippen molar-refractivity contribution in [2.75, 3.05) is 0 Å². The molecule has 114 valence electrons. The molecule has 1 rings (SSSR count). The molecule has 3 N–H and O–H groups in total. The van der Waals surface area contributed by atoms with Crippen LogP contribution in [-0.4, -0.2) is 22.9 Å². The minimum absolute atomic E-state index is 0.0985. The molecule has 0 fully saturated rings. The van der Waals surface area contributed by atoms with Crippen LogP contribution >= 0.6 is 0 Å². The van der Waals surface area contributed by atoms with E-state index in [1.54, 1.807) is 0 Å². The van der Waals surface area contributed by atoms with E-state index in [2.05, 4.69) is 4.72 Å². The van der Waals surface area contributed by atoms with Gasteiger partial charge in [0.05, 0.1) is 9.79 Å². The van der Waals surface area contributed by atoms with Gasteiger partial charge in [0.2, 0.25) is 20.0 Å². The third kappa shape index (κ3) is 4.55. The molecule has 0 heterocycles. The van der Waals surface area contributed by atoms with E-state index in [1.165, 1.54) is 18.2 Å². The van der Waals surface area contributed by atoms with Gasteiger partial charge in [-0.15, -0.1) is 0 Å². The normalized spacial score (nSPS) is 14.2. The van der Waals surface area contributed by atoms with Crippen LogP contribution in [0.5, 0.6) is 0 Å². The first-order valence-electron chi connectivity index (χ1n) is 6.36. The summed E-state index contributed by atoms with van der Waals surface area (Å²) in [5.74, 6) is 0. The van der Waals surface area contributed by atoms with Gasteiger partial charge in [0.1, 0.15) is 0 Å². The standard InChI is InChI=1S/C12H20N2O4S2/c1-3-6-10(4-2)14-20(17,18)12-8-5-7-11(9-12)19(13,15)16/h5,7-10,14H,3-4,6H2,1-2H3,(H2,13,15,16). The number of benzene rings is 1. The quantitative estimate of drug-likeness (QED) is 0.787. The molecule has 0 aromatic heterocycles. The van der Waals surface area contributed by atoms with Gasteiger partial charge < -0.3 is 0 Å². The van der Waals surface area contributed by atoms with E-state index >= 15 is 0 Å². The lowest BCUT2D eigenvalue weighted by atomic mass is 10.1. The molecule has 0 radical (unpaired) electrons. The van der Waals surface area contributed by atoms with Crippen molar-refractivity contribution < 1.29 is 16.8 Å². The fourth-order valence-electron chi connectivity index (χ4n) is 1.80. The third-order valence-corrected chi connectivity index (χ3v) is 5.33. The van der Waals surface area contributed by atoms with Crippen molar-refractivity contribution in [1.29, 1.82) is 0 Å². The van der Waals surface area contributed by atoms with Gasteiger partial charge in [0, 0.05) is 6.04 Å². The number of primary sulfonamides is 1. The second kappa shape index (κ2) is 6.66. The van der Waals surface area contributed by atoms with Crippen LogP contribution < -0.4 is 9.86 Å². The molecule has 0 aliphatic rings. The fourth-order valence-corrected chi connectivity index (χ4v) is 3.83. The van der Waals surface area contributed by atoms with Crippen LogP contribution in [0, 0.1) is 0 Å². The lowest BCUT2D eigenvalue weighted by molar-refractivity contribution is 0.512. The van der Waals surface area contributed by atoms with Crippen LogP contribution in [0.4, 0.5) is 0 Å². The monoisotopic (exact) mass is 320 g/mol. The van der Waals surface area contributed by atoms with Crippen LogP contribution in [0.2, 0.25) is 0 Å². The molecule has 0 amide bonds. The van der Waals surface area contributed by atoms with Gasteiger partial charge in [-0.25, -0.2) is 26.7 Å². The lowest BCUT2D eigenvalue weighted by Gasteiger charge is -2.16. The first-order valence-corrected chi connectivity index (χ1v) is 9.38. The summed E-state index contributed by atoms with van der Waals surface area (Å²) in [4.78, 5) is -0.317. The zero-order valence-corrected chi connectivity index (χ0v) is 13.2. The molecule has 0 saturated heterocycles. The van der Waals surface area contributed by atoms with Crippen molar-refractivity contribution in [3.63, 3.8) is 0 Å². The number of hydrogen-bond donors (Lipinski definition) is 2. The van der Waals surface area contributed by atoms with Gasteiger partial charge in [0.25, 0.3) is 0 Å². The first kappa shape index (κ1) is 17.1. The lowest BCUT2D eigenvalue weighted by Crippen LogP contribution is -2.34. The largest absolute Gasteiger partial charge is 0.240 e. The van der Waals surface area contributed by atoms with Crippen molar-refractivity contribution >= 4 is 20.0 Å². The predicted molar refractivity (Wildman–Crippen MR) is 77.1 cm³/mol. The van der Waals surface area contributed by atoms with E-state index in [0.29, 0.717) is 6.42 Å². The highest BCUT2D eigenvalue weighted by Gasteiger charge is 2.20. The predicted octanol–water partition coefficient (Wildman–Crippen LogP) is 1.19. The molecule has 8 heteroatoms. The van der Waals surface area contributed by atoms with E-state index in [4.69, 9.17) is 5.14 Å². The molecule has 6 nitrogen and oxygen atoms in total. The Morgan fingerprint density at radius 3 is 2.25 bits per heavy atom. The SMILES string of the molecule is CCCC(CC)NS(=O)(=O)c1cccc(S(N)(=O)=O)c1. The first-order chi connectivity index (χ1) is 9.20. The molecule has 1 aromatic carbocycles. The topological polar surface area (TPSA) is 106 Å². The molecule has 0 aliphatic carbocycles. The number of sulfonamides is 2. The van der Waals surface area contributed by atoms with Gasteiger partial charge >= 0.3 is 0 Å². The Hall–Kier alpha value is -0.960. The van der Waals surface area contributed by atoms with E-state index < -0.39 is 20.0 Å². The summed E-state index contributed by atoms with van der Waals surface area (Å²) in [6, 6.07) is 4.86. The maximum Gasteiger partial charge on any atom is 0.240 e. The van der Waals surface area contributed by atoms with Crippen molar-refractivity contribution in [3.8, 4) is 0 Å². The average Bonchev–Trinajstić information content (AvgIpc) is 2.37. The van der Waals surface area contributed by atoms with Crippen LogP contribution in [-0.2, 0) is 20.0 Å². The van der Waals surface area contributed by atoms with Gasteiger partial charge in [-0.3, -0.25) is 0 Å². The van der Waals surface area contributed by atoms with Gasteiger partial charge in [0.15, 0.2) is 0 Å². The number of nitrogens with one attached hydrogen (secondary N) is 1. The zero-order valence-electron chi connectivity index (χ0n) is 11.5. The Balaban J connectivity index is 3.10. The second-order valence-corrected chi connectivity index (χ2v) is 7.81. The van der Waals surface area contributed by atoms with Crippen LogP contribution in [0.1, 0.15) is 33.1 Å². The van der Waals surface area contributed by atoms with E-state index in [9.17, 15) is 16.8 Å². The Morgan fingerprint density at radius 2 is 1.75 bits per heavy atom. The Kier molecular flexibility index (Phi) is 5.69. The summed E-state index contributed by atoms with van der Waals surface area (Å²) < 4.78 is 49.5. The molecule has 20 heavy (non-hydrogen) atoms. The highest BCUT2D eigenvalue weighted by Crippen LogP contribution is 2.16. The van der Waals surface area contributed by atoms with E-state index in [-0.39, 0.29) is 15.8 Å². The average molecular weight is 320 g/mol. The van der Waals surface area contributed by atoms with Gasteiger partial charge in [-0.05, 0) is 31.0 Å². The van der Waals surface area contributed by atoms with E-state index in [1.807, 2.05) is 13.8 Å². The number of nitrogens with two attached hydrogens (primary N) is 1. The minimum Gasteiger partial charge on any atom is -0.225 e. The molecule has 0 spiro atoms. The maximum absolute atomic E-state index is 12.2. The molecule has 0 aliphatic heterocycles. The molecular formula is C12H20N2O4S2. The highest BCUT2D eigenvalue weighted by atomic mass is 32.2. The summed E-state index contributed by atoms with van der Waals surface area (Å²) in [5, 5.41) is 5.00. The summed E-state index contributed by atoms with van der Waals surface area (Å²) >= 11 is 0. The van der Waals surface area contributed by atoms with Gasteiger partial charge in [-0.1, -0.05) is 26.3 Å². The van der Waals surface area contributed by atoms with Crippen LogP contribution in [0.3, 0.4) is 0 Å². The summed E-state index contributed by atoms with van der Waals surface area (Å²) in [6.07, 6.45) is 2.25. The summed E-state index contributed by atoms with van der Waals surface area (Å²) in [5.41, 5.74) is 0. The van der Waals surface area contributed by atoms with E-state index in [0.717, 1.165) is 18.9 Å². The Labute approximate surface area is 120 Å². The minimum atomic E-state index is -3.92. The molecule has 1 aromatic rings. The van der Waals surface area contributed by atoms with Crippen molar-refractivity contribution in [2.24, 2.45) is 5.14 Å². The maximum atomic E-state index is 12.2. The zero-order chi connectivity index (χ0) is 15.4. The van der Waals surface area contributed by atoms with Crippen molar-refractivity contribution in [3.05, 3.63) is 24.3 Å². The van der Waals surface area contributed by atoms with Gasteiger partial charge in [-0.2, -0.15) is 0 Å².